The Morgan fingerprint density at radius 3 is 2.32 bits per heavy atom. The molecule has 0 aromatic heterocycles. The molecule has 3 amide bonds. The van der Waals surface area contributed by atoms with Crippen molar-refractivity contribution in [1.29, 1.82) is 0 Å². The normalized spacial score (nSPS) is 10.7. The van der Waals surface area contributed by atoms with Crippen LogP contribution in [0.25, 0.3) is 5.70 Å². The minimum atomic E-state index is -0.706. The van der Waals surface area contributed by atoms with Crippen LogP contribution < -0.4 is 21.9 Å². The molecule has 10 nitrogen and oxygen atoms in total. The molecule has 0 fully saturated rings. The highest BCUT2D eigenvalue weighted by Gasteiger charge is 2.14. The van der Waals surface area contributed by atoms with E-state index in [2.05, 4.69) is 10.6 Å². The summed E-state index contributed by atoms with van der Waals surface area (Å²) in [6, 6.07) is 11.5. The highest BCUT2D eigenvalue weighted by Crippen LogP contribution is 2.19. The first-order valence-electron chi connectivity index (χ1n) is 7.96. The summed E-state index contributed by atoms with van der Waals surface area (Å²) in [4.78, 5) is 45.6. The number of amides is 3. The molecule has 2 rings (SSSR count). The predicted octanol–water partition coefficient (Wildman–Crippen LogP) is 1.31. The van der Waals surface area contributed by atoms with Crippen molar-refractivity contribution < 1.29 is 19.3 Å². The van der Waals surface area contributed by atoms with Crippen LogP contribution in [0.1, 0.15) is 22.8 Å². The number of non-ortho nitro benzene ring substituents is 1. The van der Waals surface area contributed by atoms with E-state index in [4.69, 9.17) is 5.84 Å². The Morgan fingerprint density at radius 2 is 1.75 bits per heavy atom. The Kier molecular flexibility index (Phi) is 6.55. The number of hydrogen-bond acceptors (Lipinski definition) is 6. The Morgan fingerprint density at radius 1 is 1.07 bits per heavy atom. The van der Waals surface area contributed by atoms with Gasteiger partial charge in [0.1, 0.15) is 0 Å². The third kappa shape index (κ3) is 5.47. The molecule has 0 radical (unpaired) electrons. The first kappa shape index (κ1) is 20.3. The molecule has 144 valence electrons. The minimum absolute atomic E-state index is 0.0302. The van der Waals surface area contributed by atoms with Crippen molar-refractivity contribution in [2.24, 2.45) is 5.84 Å². The first-order chi connectivity index (χ1) is 13.3. The van der Waals surface area contributed by atoms with Crippen LogP contribution in [0.3, 0.4) is 0 Å². The highest BCUT2D eigenvalue weighted by molar-refractivity contribution is 6.03. The summed E-state index contributed by atoms with van der Waals surface area (Å²) in [5.41, 5.74) is 2.74. The van der Waals surface area contributed by atoms with Crippen LogP contribution in [-0.4, -0.2) is 22.6 Å². The van der Waals surface area contributed by atoms with Crippen LogP contribution in [0.2, 0.25) is 0 Å². The molecule has 28 heavy (non-hydrogen) atoms. The number of hydrogen-bond donors (Lipinski definition) is 4. The maximum absolute atomic E-state index is 12.5. The van der Waals surface area contributed by atoms with Crippen molar-refractivity contribution in [3.05, 3.63) is 75.8 Å². The van der Waals surface area contributed by atoms with Crippen molar-refractivity contribution in [1.82, 2.24) is 10.7 Å². The van der Waals surface area contributed by atoms with Crippen LogP contribution in [0.4, 0.5) is 11.4 Å². The van der Waals surface area contributed by atoms with Crippen molar-refractivity contribution in [2.45, 2.75) is 6.92 Å². The summed E-state index contributed by atoms with van der Waals surface area (Å²) in [5.74, 6) is 3.56. The van der Waals surface area contributed by atoms with Crippen LogP contribution >= 0.6 is 0 Å². The average molecular weight is 383 g/mol. The molecule has 0 saturated carbocycles. The molecule has 0 heterocycles. The smallest absolute Gasteiger partial charge is 0.270 e. The number of nitrogens with one attached hydrogen (secondary N) is 3. The van der Waals surface area contributed by atoms with Gasteiger partial charge in [-0.25, -0.2) is 5.84 Å². The Balaban J connectivity index is 2.30. The second kappa shape index (κ2) is 9.05. The maximum atomic E-state index is 12.5. The summed E-state index contributed by atoms with van der Waals surface area (Å²) >= 11 is 0. The standard InChI is InChI=1S/C18H17N5O5/c1-11(24)20-14-7-5-12(6-8-14)18(26)21-16(10-17(25)22-19)13-3-2-4-15(9-13)23(27)28/h2-10H,19H2,1H3,(H,20,24)(H,21,26)(H,22,25). The monoisotopic (exact) mass is 383 g/mol. The predicted molar refractivity (Wildman–Crippen MR) is 102 cm³/mol. The lowest BCUT2D eigenvalue weighted by atomic mass is 10.1. The van der Waals surface area contributed by atoms with Gasteiger partial charge < -0.3 is 10.6 Å². The second-order valence-corrected chi connectivity index (χ2v) is 5.59. The lowest BCUT2D eigenvalue weighted by Gasteiger charge is -2.11. The van der Waals surface area contributed by atoms with Gasteiger partial charge in [-0.1, -0.05) is 12.1 Å². The lowest BCUT2D eigenvalue weighted by Crippen LogP contribution is -2.30. The molecular weight excluding hydrogens is 366 g/mol. The zero-order chi connectivity index (χ0) is 20.7. The van der Waals surface area contributed by atoms with E-state index in [1.54, 1.807) is 12.1 Å². The molecule has 10 heteroatoms. The lowest BCUT2D eigenvalue weighted by molar-refractivity contribution is -0.384. The van der Waals surface area contributed by atoms with Crippen LogP contribution in [0, 0.1) is 10.1 Å². The number of nitrogens with zero attached hydrogens (tertiary/aromatic N) is 1. The Labute approximate surface area is 159 Å². The van der Waals surface area contributed by atoms with E-state index in [-0.39, 0.29) is 28.4 Å². The number of nitro benzene ring substituents is 1. The number of nitrogens with two attached hydrogens (primary N) is 1. The number of carbonyl (C=O) groups excluding carboxylic acids is 3. The molecule has 0 spiro atoms. The Hall–Kier alpha value is -4.05. The second-order valence-electron chi connectivity index (χ2n) is 5.59. The third-order valence-electron chi connectivity index (χ3n) is 3.50. The summed E-state index contributed by atoms with van der Waals surface area (Å²) in [6.45, 7) is 1.36. The molecule has 0 aliphatic heterocycles. The summed E-state index contributed by atoms with van der Waals surface area (Å²) in [5, 5.41) is 16.1. The van der Waals surface area contributed by atoms with E-state index in [0.717, 1.165) is 6.08 Å². The van der Waals surface area contributed by atoms with Gasteiger partial charge in [-0.15, -0.1) is 0 Å². The van der Waals surface area contributed by atoms with E-state index < -0.39 is 16.7 Å². The fourth-order valence-electron chi connectivity index (χ4n) is 2.25. The molecule has 0 unspecified atom stereocenters. The van der Waals surface area contributed by atoms with Crippen LogP contribution in [0.5, 0.6) is 0 Å². The molecule has 0 bridgehead atoms. The first-order valence-corrected chi connectivity index (χ1v) is 7.96. The van der Waals surface area contributed by atoms with Crippen molar-refractivity contribution >= 4 is 34.8 Å². The minimum Gasteiger partial charge on any atom is -0.326 e. The van der Waals surface area contributed by atoms with Gasteiger partial charge in [-0.3, -0.25) is 29.9 Å². The number of nitro groups is 1. The quantitative estimate of drug-likeness (QED) is 0.194. The van der Waals surface area contributed by atoms with Crippen LogP contribution in [0.15, 0.2) is 54.6 Å². The third-order valence-corrected chi connectivity index (χ3v) is 3.50. The molecule has 2 aromatic carbocycles. The van der Waals surface area contributed by atoms with E-state index in [9.17, 15) is 24.5 Å². The summed E-state index contributed by atoms with van der Waals surface area (Å²) < 4.78 is 0. The van der Waals surface area contributed by atoms with Crippen molar-refractivity contribution in [3.63, 3.8) is 0 Å². The van der Waals surface area contributed by atoms with Crippen LogP contribution in [-0.2, 0) is 9.59 Å². The fraction of sp³-hybridized carbons (Fsp3) is 0.0556. The van der Waals surface area contributed by atoms with E-state index in [1.807, 2.05) is 5.43 Å². The van der Waals surface area contributed by atoms with Gasteiger partial charge in [0.15, 0.2) is 0 Å². The topological polar surface area (TPSA) is 156 Å². The zero-order valence-corrected chi connectivity index (χ0v) is 14.8. The number of carbonyl (C=O) groups is 3. The molecule has 0 aliphatic rings. The maximum Gasteiger partial charge on any atom is 0.270 e. The van der Waals surface area contributed by atoms with Gasteiger partial charge in [0.25, 0.3) is 17.5 Å². The van der Waals surface area contributed by atoms with Gasteiger partial charge >= 0.3 is 0 Å². The van der Waals surface area contributed by atoms with Gasteiger partial charge in [-0.2, -0.15) is 0 Å². The number of benzene rings is 2. The fourth-order valence-corrected chi connectivity index (χ4v) is 2.25. The Bertz CT molecular complexity index is 953. The molecule has 0 saturated heterocycles. The highest BCUT2D eigenvalue weighted by atomic mass is 16.6. The summed E-state index contributed by atoms with van der Waals surface area (Å²) in [7, 11) is 0. The molecule has 5 N–H and O–H groups in total. The van der Waals surface area contributed by atoms with Crippen molar-refractivity contribution in [3.8, 4) is 0 Å². The SMILES string of the molecule is CC(=O)Nc1ccc(C(=O)NC(=CC(=O)NN)c2cccc([N+](=O)[O-])c2)cc1. The zero-order valence-electron chi connectivity index (χ0n) is 14.8. The van der Waals surface area contributed by atoms with Gasteiger partial charge in [0.2, 0.25) is 5.91 Å². The average Bonchev–Trinajstić information content (AvgIpc) is 2.67. The number of rotatable bonds is 6. The molecule has 2 aromatic rings. The molecular formula is C18H17N5O5. The number of anilines is 1. The van der Waals surface area contributed by atoms with E-state index >= 15 is 0 Å². The van der Waals surface area contributed by atoms with E-state index in [0.29, 0.717) is 5.69 Å². The van der Waals surface area contributed by atoms with Gasteiger partial charge in [0, 0.05) is 41.9 Å². The van der Waals surface area contributed by atoms with E-state index in [1.165, 1.54) is 43.3 Å². The number of hydrazine groups is 1. The molecule has 0 atom stereocenters. The van der Waals surface area contributed by atoms with Crippen molar-refractivity contribution in [2.75, 3.05) is 5.32 Å². The van der Waals surface area contributed by atoms with Gasteiger partial charge in [-0.05, 0) is 24.3 Å². The largest absolute Gasteiger partial charge is 0.326 e. The molecule has 0 aliphatic carbocycles. The van der Waals surface area contributed by atoms with Gasteiger partial charge in [0.05, 0.1) is 10.6 Å². The summed E-state index contributed by atoms with van der Waals surface area (Å²) in [6.07, 6.45) is 1.02.